The summed E-state index contributed by atoms with van der Waals surface area (Å²) >= 11 is 0. The third kappa shape index (κ3) is 102. The molecule has 0 spiro atoms. The van der Waals surface area contributed by atoms with Crippen LogP contribution in [0.15, 0.2) is 207 Å². The van der Waals surface area contributed by atoms with Gasteiger partial charge >= 0.3 is 33.6 Å². The van der Waals surface area contributed by atoms with Gasteiger partial charge in [-0.25, -0.2) is 9.13 Å². The lowest BCUT2D eigenvalue weighted by molar-refractivity contribution is -0.161. The average molecular weight is 1840 g/mol. The van der Waals surface area contributed by atoms with Crippen LogP contribution >= 0.6 is 15.6 Å². The molecule has 18 heteroatoms. The fraction of sp³-hybridized carbons (Fsp3) is 0.667. The molecule has 16 nitrogen and oxygen atoms in total. The molecule has 5 atom stereocenters. The number of esters is 3. The van der Waals surface area contributed by atoms with Gasteiger partial charge in [-0.1, -0.05) is 439 Å². The fourth-order valence-electron chi connectivity index (χ4n) is 13.8. The van der Waals surface area contributed by atoms with E-state index in [0.29, 0.717) is 19.3 Å². The van der Waals surface area contributed by atoms with Crippen LogP contribution in [0.5, 0.6) is 0 Å². The summed E-state index contributed by atoms with van der Waals surface area (Å²) in [5.41, 5.74) is 0. The largest absolute Gasteiger partial charge is 0.472 e. The van der Waals surface area contributed by atoms with E-state index in [1.807, 2.05) is 0 Å². The monoisotopic (exact) mass is 1840 g/mol. The number of phosphoric ester groups is 2. The van der Waals surface area contributed by atoms with Gasteiger partial charge in [0, 0.05) is 19.3 Å². The molecule has 5 unspecified atom stereocenters. The minimum absolute atomic E-state index is 0.0815. The highest BCUT2D eigenvalue weighted by molar-refractivity contribution is 7.47. The molecule has 0 aliphatic carbocycles. The van der Waals surface area contributed by atoms with E-state index >= 15 is 0 Å². The molecule has 4 N–H and O–H groups in total. The van der Waals surface area contributed by atoms with Gasteiger partial charge in [-0.15, -0.1) is 0 Å². The number of hydrogen-bond acceptors (Lipinski definition) is 14. The Morgan fingerprint density at radius 2 is 0.388 bits per heavy atom. The van der Waals surface area contributed by atoms with Crippen molar-refractivity contribution in [1.82, 2.24) is 0 Å². The zero-order valence-electron chi connectivity index (χ0n) is 81.5. The number of hydrogen-bond donors (Lipinski definition) is 4. The Morgan fingerprint density at radius 1 is 0.217 bits per heavy atom. The summed E-state index contributed by atoms with van der Waals surface area (Å²) in [6, 6.07) is 0. The van der Waals surface area contributed by atoms with Crippen molar-refractivity contribution >= 4 is 33.6 Å². The van der Waals surface area contributed by atoms with Crippen molar-refractivity contribution in [3.05, 3.63) is 207 Å². The lowest BCUT2D eigenvalue weighted by Gasteiger charge is -2.21. The third-order valence-electron chi connectivity index (χ3n) is 21.5. The zero-order chi connectivity index (χ0) is 93.5. The number of unbranched alkanes of at least 4 members (excludes halogenated alkanes) is 39. The van der Waals surface area contributed by atoms with Crippen LogP contribution in [0.2, 0.25) is 0 Å². The highest BCUT2D eigenvalue weighted by atomic mass is 31.2. The van der Waals surface area contributed by atoms with Gasteiger partial charge in [0.1, 0.15) is 25.4 Å². The van der Waals surface area contributed by atoms with Gasteiger partial charge in [0.25, 0.3) is 0 Å². The topological polar surface area (TPSA) is 231 Å². The smallest absolute Gasteiger partial charge is 0.463 e. The van der Waals surface area contributed by atoms with Gasteiger partial charge in [0.2, 0.25) is 0 Å². The lowest BCUT2D eigenvalue weighted by atomic mass is 10.0. The molecule has 0 saturated heterocycles. The molecule has 0 saturated carbocycles. The first-order chi connectivity index (χ1) is 63.2. The van der Waals surface area contributed by atoms with Crippen LogP contribution in [0, 0.1) is 0 Å². The predicted octanol–water partition coefficient (Wildman–Crippen LogP) is 32.7. The summed E-state index contributed by atoms with van der Waals surface area (Å²) in [7, 11) is -9.83. The SMILES string of the molecule is CC/C=C\C/C=C\C/C=C\C/C=C\C/C=C\C/C=C\CCCCCCCCCCCCCCCCC(=O)OCC(COP(=O)(O)OCC(O)COP(=O)(O)OCC(O)COC(=O)CCCCCCCCCCCCCCCCCCCCC/C=C\C/C=C\C/C=C\C/C=C\C/C=C\CC)OC(=O)CCCCCCCC/C=C\C/C=C\C/C=C\C/C=C\C/C=C\C/C=C\CC. The summed E-state index contributed by atoms with van der Waals surface area (Å²) < 4.78 is 61.7. The van der Waals surface area contributed by atoms with E-state index in [1.54, 1.807) is 0 Å². The second kappa shape index (κ2) is 101. The molecule has 0 amide bonds. The standard InChI is InChI=1S/C111H186O16P2/c1-4-7-10-13-16-19-22-25-28-31-34-37-40-43-45-47-49-51-52-54-56-57-59-62-64-67-70-73-76-79-82-85-88-91-94-97-109(114)121-100-106(112)101-123-128(117,118)124-102-107(113)103-125-129(119,120)126-105-108(127-111(116)99-96-93-90-87-84-81-78-75-72-69-66-61-42-39-36-33-30-27-24-21-18-15-12-9-6-3)104-122-110(115)98-95-92-89-86-83-80-77-74-71-68-65-63-60-58-55-53-50-48-46-44-41-38-35-32-29-26-23-20-17-14-11-8-5-2/h7-12,16-21,25-30,34-39,43-46,50,53,61,66,72,75,106-108,112-113H,4-6,13-15,22-24,31-33,40-42,47-49,51-52,54-60,62-65,67-71,73-74,76-105H2,1-3H3,(H,117,118)(H,119,120)/b10-7-,11-8-,12-9-,19-16-,20-17-,21-18-,28-25-,29-26-,30-27-,37-34-,38-35-,39-36-,45-43-,46-44-,53-50-,66-61-,75-72-. The van der Waals surface area contributed by atoms with Crippen LogP contribution < -0.4 is 0 Å². The van der Waals surface area contributed by atoms with Crippen molar-refractivity contribution in [2.24, 2.45) is 0 Å². The molecular formula is C111H186O16P2. The van der Waals surface area contributed by atoms with Gasteiger partial charge < -0.3 is 34.2 Å². The molecule has 0 aromatic rings. The van der Waals surface area contributed by atoms with Crippen LogP contribution in [-0.4, -0.2) is 95.9 Å². The molecule has 736 valence electrons. The van der Waals surface area contributed by atoms with Crippen LogP contribution in [0.4, 0.5) is 0 Å². The third-order valence-corrected chi connectivity index (χ3v) is 23.4. The number of carbonyl (C=O) groups is 3. The van der Waals surface area contributed by atoms with Crippen LogP contribution in [0.3, 0.4) is 0 Å². The Bertz CT molecular complexity index is 3180. The summed E-state index contributed by atoms with van der Waals surface area (Å²) in [5, 5.41) is 20.8. The Kier molecular flexibility index (Phi) is 96.5. The fourth-order valence-corrected chi connectivity index (χ4v) is 15.4. The van der Waals surface area contributed by atoms with Crippen molar-refractivity contribution in [3.63, 3.8) is 0 Å². The molecule has 129 heavy (non-hydrogen) atoms. The van der Waals surface area contributed by atoms with Crippen LogP contribution in [0.1, 0.15) is 419 Å². The molecule has 0 aliphatic heterocycles. The van der Waals surface area contributed by atoms with E-state index in [-0.39, 0.29) is 19.3 Å². The van der Waals surface area contributed by atoms with Crippen molar-refractivity contribution < 1.29 is 75.8 Å². The van der Waals surface area contributed by atoms with Gasteiger partial charge in [-0.2, -0.15) is 0 Å². The maximum Gasteiger partial charge on any atom is 0.472 e. The maximum atomic E-state index is 13.1. The zero-order valence-corrected chi connectivity index (χ0v) is 83.3. The summed E-state index contributed by atoms with van der Waals surface area (Å²) in [6.45, 7) is 2.38. The predicted molar refractivity (Wildman–Crippen MR) is 546 cm³/mol. The lowest BCUT2D eigenvalue weighted by Crippen LogP contribution is -2.30. The molecule has 0 bridgehead atoms. The summed E-state index contributed by atoms with van der Waals surface area (Å²) in [6.07, 6.45) is 137. The first kappa shape index (κ1) is 123. The van der Waals surface area contributed by atoms with E-state index in [9.17, 15) is 43.5 Å². The summed E-state index contributed by atoms with van der Waals surface area (Å²) in [4.78, 5) is 59.2. The minimum Gasteiger partial charge on any atom is -0.463 e. The van der Waals surface area contributed by atoms with Crippen molar-refractivity contribution in [2.45, 2.75) is 437 Å². The Balaban J connectivity index is 4.59. The normalized spacial score (nSPS) is 14.5. The number of aliphatic hydroxyl groups is 2. The number of rotatable bonds is 96. The molecular weight excluding hydrogens is 1650 g/mol. The maximum absolute atomic E-state index is 13.1. The number of allylic oxidation sites excluding steroid dienone is 34. The Labute approximate surface area is 788 Å². The van der Waals surface area contributed by atoms with Gasteiger partial charge in [-0.3, -0.25) is 32.5 Å². The second-order valence-corrected chi connectivity index (χ2v) is 36.8. The van der Waals surface area contributed by atoms with E-state index in [2.05, 4.69) is 227 Å². The van der Waals surface area contributed by atoms with Crippen LogP contribution in [-0.2, 0) is 55.8 Å². The van der Waals surface area contributed by atoms with Gasteiger partial charge in [0.15, 0.2) is 6.10 Å². The highest BCUT2D eigenvalue weighted by Gasteiger charge is 2.30. The number of ether oxygens (including phenoxy) is 3. The molecule has 0 rings (SSSR count). The van der Waals surface area contributed by atoms with Crippen molar-refractivity contribution in [2.75, 3.05) is 39.6 Å². The van der Waals surface area contributed by atoms with Gasteiger partial charge in [0.05, 0.1) is 26.4 Å². The average Bonchev–Trinajstić information content (AvgIpc) is 0.898. The number of aliphatic hydroxyl groups excluding tert-OH is 2. The quantitative estimate of drug-likeness (QED) is 0.0146. The first-order valence-electron chi connectivity index (χ1n) is 51.4. The Morgan fingerprint density at radius 3 is 0.612 bits per heavy atom. The number of carbonyl (C=O) groups excluding carboxylic acids is 3. The van der Waals surface area contributed by atoms with Crippen molar-refractivity contribution in [1.29, 1.82) is 0 Å². The molecule has 0 heterocycles. The minimum atomic E-state index is -4.96. The first-order valence-corrected chi connectivity index (χ1v) is 54.4. The number of phosphoric acid groups is 2. The molecule has 0 fully saturated rings. The van der Waals surface area contributed by atoms with E-state index < -0.39 is 91.5 Å². The molecule has 0 aromatic carbocycles. The van der Waals surface area contributed by atoms with Gasteiger partial charge in [-0.05, 0) is 167 Å². The summed E-state index contributed by atoms with van der Waals surface area (Å²) in [5.74, 6) is -1.58. The van der Waals surface area contributed by atoms with E-state index in [0.717, 1.165) is 199 Å². The second-order valence-electron chi connectivity index (χ2n) is 33.8. The van der Waals surface area contributed by atoms with E-state index in [4.69, 9.17) is 32.3 Å². The molecule has 0 aromatic heterocycles. The Hall–Kier alpha value is -5.87. The van der Waals surface area contributed by atoms with Crippen LogP contribution in [0.25, 0.3) is 0 Å². The molecule has 0 aliphatic rings. The van der Waals surface area contributed by atoms with Crippen molar-refractivity contribution in [3.8, 4) is 0 Å². The highest BCUT2D eigenvalue weighted by Crippen LogP contribution is 2.45. The molecule has 0 radical (unpaired) electrons. The van der Waals surface area contributed by atoms with E-state index in [1.165, 1.54) is 161 Å².